The zero-order chi connectivity index (χ0) is 21.8. The number of amidine groups is 1. The summed E-state index contributed by atoms with van der Waals surface area (Å²) in [6, 6.07) is 11.6. The van der Waals surface area contributed by atoms with E-state index < -0.39 is 0 Å². The van der Waals surface area contributed by atoms with Crippen molar-refractivity contribution in [2.24, 2.45) is 16.8 Å². The van der Waals surface area contributed by atoms with Crippen molar-refractivity contribution < 1.29 is 4.79 Å². The van der Waals surface area contributed by atoms with Gasteiger partial charge in [0.2, 0.25) is 5.91 Å². The second-order valence-electron chi connectivity index (χ2n) is 8.75. The van der Waals surface area contributed by atoms with Crippen LogP contribution in [0.1, 0.15) is 58.4 Å². The number of hydrogen-bond donors (Lipinski definition) is 0. The van der Waals surface area contributed by atoms with E-state index in [2.05, 4.69) is 16.9 Å². The van der Waals surface area contributed by atoms with Crippen LogP contribution in [0.3, 0.4) is 0 Å². The van der Waals surface area contributed by atoms with E-state index in [1.54, 1.807) is 12.3 Å². The number of aliphatic imine (C=N–C) groups is 1. The molecule has 1 amide bonds. The largest absolute Gasteiger partial charge is 0.301 e. The summed E-state index contributed by atoms with van der Waals surface area (Å²) < 4.78 is 1.88. The van der Waals surface area contributed by atoms with Crippen molar-refractivity contribution in [2.75, 3.05) is 13.1 Å². The molecule has 6 heteroatoms. The van der Waals surface area contributed by atoms with Gasteiger partial charge < -0.3 is 4.90 Å². The molecule has 31 heavy (non-hydrogen) atoms. The molecule has 1 aliphatic heterocycles. The van der Waals surface area contributed by atoms with Gasteiger partial charge in [0.25, 0.3) is 5.56 Å². The first-order valence-corrected chi connectivity index (χ1v) is 11.5. The zero-order valence-corrected chi connectivity index (χ0v) is 18.5. The summed E-state index contributed by atoms with van der Waals surface area (Å²) in [5.74, 6) is 2.93. The lowest BCUT2D eigenvalue weighted by Crippen LogP contribution is -2.41. The number of rotatable bonds is 6. The number of benzene rings is 1. The van der Waals surface area contributed by atoms with Gasteiger partial charge in [0.1, 0.15) is 11.7 Å². The van der Waals surface area contributed by atoms with Crippen LogP contribution in [0.15, 0.2) is 52.4 Å². The highest BCUT2D eigenvalue weighted by Gasteiger charge is 2.30. The summed E-state index contributed by atoms with van der Waals surface area (Å²) in [5, 5.41) is 0. The SMILES string of the molecule is CCN1C(=O)CCN=C1CC1CCC(C(C)n2c(-c3ccccc3)nccc2=O)CC1. The lowest BCUT2D eigenvalue weighted by molar-refractivity contribution is -0.127. The van der Waals surface area contributed by atoms with E-state index in [4.69, 9.17) is 0 Å². The van der Waals surface area contributed by atoms with Crippen molar-refractivity contribution in [3.05, 3.63) is 52.9 Å². The minimum atomic E-state index is 0.0112. The van der Waals surface area contributed by atoms with Gasteiger partial charge in [-0.15, -0.1) is 0 Å². The molecule has 1 aliphatic carbocycles. The average Bonchev–Trinajstić information content (AvgIpc) is 2.80. The molecule has 164 valence electrons. The van der Waals surface area contributed by atoms with Crippen molar-refractivity contribution in [3.8, 4) is 11.4 Å². The lowest BCUT2D eigenvalue weighted by Gasteiger charge is -2.35. The minimum Gasteiger partial charge on any atom is -0.301 e. The molecule has 0 radical (unpaired) electrons. The standard InChI is InChI=1S/C25H32N4O2/c1-3-28-22(26-15-13-23(28)30)17-19-9-11-20(12-10-19)18(2)29-24(31)14-16-27-25(29)21-7-5-4-6-8-21/h4-8,14,16,18-20H,3,9-13,15,17H2,1-2H3. The molecular weight excluding hydrogens is 388 g/mol. The monoisotopic (exact) mass is 420 g/mol. The van der Waals surface area contributed by atoms with Gasteiger partial charge in [0.05, 0.1) is 0 Å². The predicted octanol–water partition coefficient (Wildman–Crippen LogP) is 4.32. The molecule has 2 heterocycles. The molecule has 0 spiro atoms. The topological polar surface area (TPSA) is 67.6 Å². The van der Waals surface area contributed by atoms with Gasteiger partial charge >= 0.3 is 0 Å². The smallest absolute Gasteiger partial charge is 0.253 e. The average molecular weight is 421 g/mol. The van der Waals surface area contributed by atoms with Crippen LogP contribution in [-0.4, -0.2) is 39.3 Å². The van der Waals surface area contributed by atoms with E-state index in [-0.39, 0.29) is 17.5 Å². The Labute approximate surface area is 184 Å². The molecule has 1 atom stereocenters. The Bertz CT molecular complexity index is 990. The van der Waals surface area contributed by atoms with Crippen molar-refractivity contribution in [3.63, 3.8) is 0 Å². The molecule has 0 N–H and O–H groups in total. The van der Waals surface area contributed by atoms with E-state index in [1.165, 1.54) is 0 Å². The van der Waals surface area contributed by atoms with Gasteiger partial charge in [-0.25, -0.2) is 4.98 Å². The maximum Gasteiger partial charge on any atom is 0.253 e. The van der Waals surface area contributed by atoms with E-state index >= 15 is 0 Å². The molecule has 1 aromatic carbocycles. The fraction of sp³-hybridized carbons (Fsp3) is 0.520. The first-order valence-electron chi connectivity index (χ1n) is 11.5. The Kier molecular flexibility index (Phi) is 6.64. The van der Waals surface area contributed by atoms with Crippen LogP contribution in [0.5, 0.6) is 0 Å². The normalized spacial score (nSPS) is 22.8. The molecule has 1 saturated carbocycles. The minimum absolute atomic E-state index is 0.0112. The van der Waals surface area contributed by atoms with Crippen molar-refractivity contribution >= 4 is 11.7 Å². The van der Waals surface area contributed by atoms with Crippen LogP contribution in [0.2, 0.25) is 0 Å². The molecule has 1 fully saturated rings. The maximum absolute atomic E-state index is 12.8. The Morgan fingerprint density at radius 1 is 1.06 bits per heavy atom. The molecule has 2 aliphatic rings. The van der Waals surface area contributed by atoms with E-state index in [9.17, 15) is 9.59 Å². The first-order chi connectivity index (χ1) is 15.1. The Morgan fingerprint density at radius 2 is 1.81 bits per heavy atom. The molecule has 2 aromatic rings. The van der Waals surface area contributed by atoms with E-state index in [0.29, 0.717) is 31.3 Å². The Hall–Kier alpha value is -2.76. The third-order valence-electron chi connectivity index (χ3n) is 6.91. The van der Waals surface area contributed by atoms with Crippen molar-refractivity contribution in [2.45, 2.75) is 58.4 Å². The summed E-state index contributed by atoms with van der Waals surface area (Å²) >= 11 is 0. The molecule has 4 rings (SSSR count). The molecule has 0 bridgehead atoms. The Morgan fingerprint density at radius 3 is 2.52 bits per heavy atom. The van der Waals surface area contributed by atoms with Crippen molar-refractivity contribution in [1.82, 2.24) is 14.5 Å². The fourth-order valence-electron chi connectivity index (χ4n) is 5.14. The number of hydrogen-bond acceptors (Lipinski definition) is 4. The number of aromatic nitrogens is 2. The fourth-order valence-corrected chi connectivity index (χ4v) is 5.14. The predicted molar refractivity (Wildman–Crippen MR) is 123 cm³/mol. The highest BCUT2D eigenvalue weighted by Crippen LogP contribution is 2.38. The highest BCUT2D eigenvalue weighted by atomic mass is 16.2. The van der Waals surface area contributed by atoms with Crippen LogP contribution in [0.25, 0.3) is 11.4 Å². The zero-order valence-electron chi connectivity index (χ0n) is 18.5. The third kappa shape index (κ3) is 4.63. The van der Waals surface area contributed by atoms with Gasteiger partial charge in [0.15, 0.2) is 0 Å². The van der Waals surface area contributed by atoms with Gasteiger partial charge in [-0.1, -0.05) is 30.3 Å². The van der Waals surface area contributed by atoms with Gasteiger partial charge in [-0.05, 0) is 51.4 Å². The Balaban J connectivity index is 1.45. The maximum atomic E-state index is 12.8. The van der Waals surface area contributed by atoms with Gasteiger partial charge in [0, 0.05) is 49.8 Å². The molecule has 0 saturated heterocycles. The van der Waals surface area contributed by atoms with Crippen LogP contribution in [0, 0.1) is 11.8 Å². The van der Waals surface area contributed by atoms with Crippen LogP contribution in [0.4, 0.5) is 0 Å². The van der Waals surface area contributed by atoms with Gasteiger partial charge in [-0.3, -0.25) is 19.1 Å². The number of carbonyl (C=O) groups is 1. The summed E-state index contributed by atoms with van der Waals surface area (Å²) in [7, 11) is 0. The third-order valence-corrected chi connectivity index (χ3v) is 6.91. The summed E-state index contributed by atoms with van der Waals surface area (Å²) in [5.41, 5.74) is 0.984. The van der Waals surface area contributed by atoms with Gasteiger partial charge in [-0.2, -0.15) is 0 Å². The molecule has 6 nitrogen and oxygen atoms in total. The second-order valence-corrected chi connectivity index (χ2v) is 8.75. The number of amides is 1. The van der Waals surface area contributed by atoms with Crippen LogP contribution < -0.4 is 5.56 Å². The van der Waals surface area contributed by atoms with Crippen LogP contribution >= 0.6 is 0 Å². The van der Waals surface area contributed by atoms with E-state index in [0.717, 1.165) is 49.3 Å². The number of carbonyl (C=O) groups excluding carboxylic acids is 1. The quantitative estimate of drug-likeness (QED) is 0.699. The van der Waals surface area contributed by atoms with Crippen LogP contribution in [-0.2, 0) is 4.79 Å². The van der Waals surface area contributed by atoms with Crippen molar-refractivity contribution in [1.29, 1.82) is 0 Å². The molecule has 1 aromatic heterocycles. The second kappa shape index (κ2) is 9.58. The molecular formula is C25H32N4O2. The summed E-state index contributed by atoms with van der Waals surface area (Å²) in [6.07, 6.45) is 7.40. The lowest BCUT2D eigenvalue weighted by atomic mass is 9.77. The van der Waals surface area contributed by atoms with E-state index in [1.807, 2.05) is 46.7 Å². The first kappa shape index (κ1) is 21.5. The number of nitrogens with zero attached hydrogens (tertiary/aromatic N) is 4. The summed E-state index contributed by atoms with van der Waals surface area (Å²) in [4.78, 5) is 36.0. The summed E-state index contributed by atoms with van der Waals surface area (Å²) in [6.45, 7) is 5.51. The molecule has 1 unspecified atom stereocenters. The highest BCUT2D eigenvalue weighted by molar-refractivity contribution is 6.00.